The molecule has 0 aliphatic rings. The van der Waals surface area contributed by atoms with Gasteiger partial charge in [-0.2, -0.15) is 0 Å². The predicted molar refractivity (Wildman–Crippen MR) is 210 cm³/mol. The fourth-order valence-electron chi connectivity index (χ4n) is 5.87. The van der Waals surface area contributed by atoms with Gasteiger partial charge in [0.25, 0.3) is 0 Å². The van der Waals surface area contributed by atoms with Crippen molar-refractivity contribution in [2.45, 2.75) is 226 Å². The maximum Gasteiger partial charge on any atom is 0.306 e. The van der Waals surface area contributed by atoms with Crippen LogP contribution in [0.15, 0.2) is 24.3 Å². The predicted octanol–water partition coefficient (Wildman–Crippen LogP) is 13.2. The third kappa shape index (κ3) is 37.2. The molecule has 0 saturated carbocycles. The van der Waals surface area contributed by atoms with Gasteiger partial charge in [0.1, 0.15) is 13.2 Å². The molecule has 0 aliphatic carbocycles. The SMILES string of the molecule is CCCC/C=C\CCCCCCCC(=O)OCC(COC(=O)CCCCCC/C=C\CCCC)OC(=O)CCCCCCCCCCCCC. The van der Waals surface area contributed by atoms with Gasteiger partial charge in [0, 0.05) is 19.3 Å². The molecule has 0 aromatic heterocycles. The number of hydrogen-bond acceptors (Lipinski definition) is 6. The molecule has 6 heteroatoms. The number of rotatable bonds is 38. The largest absolute Gasteiger partial charge is 0.462 e. The van der Waals surface area contributed by atoms with Crippen molar-refractivity contribution in [3.05, 3.63) is 24.3 Å². The van der Waals surface area contributed by atoms with Crippen molar-refractivity contribution in [3.63, 3.8) is 0 Å². The van der Waals surface area contributed by atoms with Crippen LogP contribution in [-0.2, 0) is 28.6 Å². The first-order valence-electron chi connectivity index (χ1n) is 21.3. The van der Waals surface area contributed by atoms with Gasteiger partial charge in [-0.3, -0.25) is 14.4 Å². The van der Waals surface area contributed by atoms with Gasteiger partial charge in [0.2, 0.25) is 0 Å². The molecule has 0 aliphatic heterocycles. The summed E-state index contributed by atoms with van der Waals surface area (Å²) in [4.78, 5) is 37.5. The summed E-state index contributed by atoms with van der Waals surface area (Å²) in [5.74, 6) is -0.901. The highest BCUT2D eigenvalue weighted by molar-refractivity contribution is 5.71. The van der Waals surface area contributed by atoms with Gasteiger partial charge in [-0.05, 0) is 57.8 Å². The Hall–Kier alpha value is -2.11. The Morgan fingerprint density at radius 2 is 0.680 bits per heavy atom. The van der Waals surface area contributed by atoms with Gasteiger partial charge < -0.3 is 14.2 Å². The number of carbonyl (C=O) groups is 3. The molecule has 0 radical (unpaired) electrons. The second-order valence-electron chi connectivity index (χ2n) is 14.3. The molecule has 0 saturated heterocycles. The highest BCUT2D eigenvalue weighted by Gasteiger charge is 2.19. The molecule has 0 aromatic carbocycles. The summed E-state index contributed by atoms with van der Waals surface area (Å²) in [6.07, 6.45) is 41.6. The van der Waals surface area contributed by atoms with Crippen LogP contribution in [0.2, 0.25) is 0 Å². The Kier molecular flexibility index (Phi) is 38.0. The minimum Gasteiger partial charge on any atom is -0.462 e. The molecular formula is C44H80O6. The van der Waals surface area contributed by atoms with Crippen LogP contribution in [0.1, 0.15) is 220 Å². The van der Waals surface area contributed by atoms with E-state index < -0.39 is 6.10 Å². The Bertz CT molecular complexity index is 819. The quantitative estimate of drug-likeness (QED) is 0.0275. The van der Waals surface area contributed by atoms with Crippen molar-refractivity contribution in [1.82, 2.24) is 0 Å². The number of hydrogen-bond donors (Lipinski definition) is 0. The van der Waals surface area contributed by atoms with Gasteiger partial charge in [0.05, 0.1) is 0 Å². The lowest BCUT2D eigenvalue weighted by atomic mass is 10.1. The summed E-state index contributed by atoms with van der Waals surface area (Å²) < 4.78 is 16.6. The maximum atomic E-state index is 12.6. The molecule has 0 aromatic rings. The van der Waals surface area contributed by atoms with Crippen molar-refractivity contribution >= 4 is 17.9 Å². The normalized spacial score (nSPS) is 12.1. The first-order chi connectivity index (χ1) is 24.5. The van der Waals surface area contributed by atoms with E-state index in [0.29, 0.717) is 19.3 Å². The van der Waals surface area contributed by atoms with Gasteiger partial charge in [-0.15, -0.1) is 0 Å². The topological polar surface area (TPSA) is 78.9 Å². The first-order valence-corrected chi connectivity index (χ1v) is 21.3. The molecule has 50 heavy (non-hydrogen) atoms. The van der Waals surface area contributed by atoms with Gasteiger partial charge in [-0.1, -0.05) is 167 Å². The molecule has 0 heterocycles. The molecule has 0 bridgehead atoms. The third-order valence-corrected chi connectivity index (χ3v) is 9.18. The molecule has 1 unspecified atom stereocenters. The van der Waals surface area contributed by atoms with E-state index in [0.717, 1.165) is 83.5 Å². The van der Waals surface area contributed by atoms with E-state index in [1.54, 1.807) is 0 Å². The van der Waals surface area contributed by atoms with E-state index in [-0.39, 0.29) is 31.1 Å². The van der Waals surface area contributed by atoms with Gasteiger partial charge in [0.15, 0.2) is 6.10 Å². The van der Waals surface area contributed by atoms with Crippen molar-refractivity contribution in [2.75, 3.05) is 13.2 Å². The van der Waals surface area contributed by atoms with E-state index in [1.807, 2.05) is 0 Å². The Labute approximate surface area is 309 Å². The van der Waals surface area contributed by atoms with E-state index >= 15 is 0 Å². The second kappa shape index (κ2) is 39.7. The standard InChI is InChI=1S/C44H80O6/c1-4-7-10-13-16-19-22-25-28-31-34-37-43(46)49-40-41(39-48-42(45)36-33-30-27-24-21-18-15-12-9-6-3)50-44(47)38-35-32-29-26-23-20-17-14-11-8-5-2/h13,15-16,18,41H,4-12,14,17,19-40H2,1-3H3/b16-13-,18-15-. The molecule has 0 N–H and O–H groups in total. The second-order valence-corrected chi connectivity index (χ2v) is 14.3. The number of allylic oxidation sites excluding steroid dienone is 4. The summed E-state index contributed by atoms with van der Waals surface area (Å²) in [5.41, 5.74) is 0. The molecule has 6 nitrogen and oxygen atoms in total. The maximum absolute atomic E-state index is 12.6. The number of carbonyl (C=O) groups excluding carboxylic acids is 3. The van der Waals surface area contributed by atoms with Crippen molar-refractivity contribution in [1.29, 1.82) is 0 Å². The summed E-state index contributed by atoms with van der Waals surface area (Å²) in [6.45, 7) is 6.52. The molecule has 0 spiro atoms. The van der Waals surface area contributed by atoms with Crippen LogP contribution in [0.4, 0.5) is 0 Å². The minimum atomic E-state index is -0.770. The summed E-state index contributed by atoms with van der Waals surface area (Å²) in [5, 5.41) is 0. The summed E-state index contributed by atoms with van der Waals surface area (Å²) >= 11 is 0. The lowest BCUT2D eigenvalue weighted by Gasteiger charge is -2.18. The van der Waals surface area contributed by atoms with Crippen molar-refractivity contribution < 1.29 is 28.6 Å². The van der Waals surface area contributed by atoms with Gasteiger partial charge in [-0.25, -0.2) is 0 Å². The molecule has 292 valence electrons. The molecule has 0 fully saturated rings. The highest BCUT2D eigenvalue weighted by Crippen LogP contribution is 2.14. The van der Waals surface area contributed by atoms with E-state index in [9.17, 15) is 14.4 Å². The highest BCUT2D eigenvalue weighted by atomic mass is 16.6. The Balaban J connectivity index is 4.38. The zero-order valence-corrected chi connectivity index (χ0v) is 33.2. The summed E-state index contributed by atoms with van der Waals surface area (Å²) in [7, 11) is 0. The molecule has 0 amide bonds. The van der Waals surface area contributed by atoms with Crippen LogP contribution in [0.25, 0.3) is 0 Å². The Morgan fingerprint density at radius 3 is 1.06 bits per heavy atom. The van der Waals surface area contributed by atoms with Crippen LogP contribution < -0.4 is 0 Å². The van der Waals surface area contributed by atoms with Crippen LogP contribution >= 0.6 is 0 Å². The van der Waals surface area contributed by atoms with E-state index in [4.69, 9.17) is 14.2 Å². The van der Waals surface area contributed by atoms with E-state index in [2.05, 4.69) is 45.1 Å². The van der Waals surface area contributed by atoms with Gasteiger partial charge >= 0.3 is 17.9 Å². The lowest BCUT2D eigenvalue weighted by molar-refractivity contribution is -0.167. The average molecular weight is 705 g/mol. The van der Waals surface area contributed by atoms with E-state index in [1.165, 1.54) is 96.3 Å². The zero-order valence-electron chi connectivity index (χ0n) is 33.2. The average Bonchev–Trinajstić information content (AvgIpc) is 3.11. The van der Waals surface area contributed by atoms with Crippen LogP contribution in [0.5, 0.6) is 0 Å². The zero-order chi connectivity index (χ0) is 36.6. The number of ether oxygens (including phenoxy) is 3. The third-order valence-electron chi connectivity index (χ3n) is 9.18. The molecule has 0 rings (SSSR count). The number of esters is 3. The fraction of sp³-hybridized carbons (Fsp3) is 0.841. The lowest BCUT2D eigenvalue weighted by Crippen LogP contribution is -2.30. The van der Waals surface area contributed by atoms with Crippen molar-refractivity contribution in [2.24, 2.45) is 0 Å². The van der Waals surface area contributed by atoms with Crippen molar-refractivity contribution in [3.8, 4) is 0 Å². The smallest absolute Gasteiger partial charge is 0.306 e. The van der Waals surface area contributed by atoms with Crippen LogP contribution in [0.3, 0.4) is 0 Å². The first kappa shape index (κ1) is 47.9. The molecular weight excluding hydrogens is 624 g/mol. The minimum absolute atomic E-state index is 0.0771. The van der Waals surface area contributed by atoms with Crippen LogP contribution in [0, 0.1) is 0 Å². The Morgan fingerprint density at radius 1 is 0.380 bits per heavy atom. The fourth-order valence-corrected chi connectivity index (χ4v) is 5.87. The number of unbranched alkanes of at least 4 members (excludes halogenated alkanes) is 23. The molecule has 1 atom stereocenters. The monoisotopic (exact) mass is 705 g/mol. The summed E-state index contributed by atoms with van der Waals surface area (Å²) in [6, 6.07) is 0. The van der Waals surface area contributed by atoms with Crippen LogP contribution in [-0.4, -0.2) is 37.2 Å².